The molecule has 0 aromatic heterocycles. The number of nitrogens with zero attached hydrogens (tertiary/aromatic N) is 2. The fourth-order valence-electron chi connectivity index (χ4n) is 3.58. The highest BCUT2D eigenvalue weighted by Gasteiger charge is 2.39. The normalized spacial score (nSPS) is 35.7. The maximum Gasteiger partial charge on any atom is 0.0666 e. The Bertz CT molecular complexity index is 256. The van der Waals surface area contributed by atoms with Gasteiger partial charge in [0.15, 0.2) is 0 Å². The van der Waals surface area contributed by atoms with Crippen LogP contribution in [0.4, 0.5) is 0 Å². The van der Waals surface area contributed by atoms with Crippen LogP contribution in [0, 0.1) is 35.0 Å². The molecule has 0 aliphatic heterocycles. The quantitative estimate of drug-likeness (QED) is 0.706. The van der Waals surface area contributed by atoms with Crippen molar-refractivity contribution in [2.24, 2.45) is 23.7 Å². The van der Waals surface area contributed by atoms with Gasteiger partial charge in [0.2, 0.25) is 0 Å². The molecule has 2 bridgehead atoms. The molecule has 0 spiro atoms. The highest BCUT2D eigenvalue weighted by molar-refractivity contribution is 4.91. The third-order valence-electron chi connectivity index (χ3n) is 4.24. The molecular weight excluding hydrogens is 184 g/mol. The third-order valence-corrected chi connectivity index (χ3v) is 4.24. The maximum absolute atomic E-state index is 8.77. The summed E-state index contributed by atoms with van der Waals surface area (Å²) in [5.74, 6) is 3.16. The van der Waals surface area contributed by atoms with Crippen molar-refractivity contribution < 1.29 is 0 Å². The standard InChI is InChI=1S/C13H22N2/c1-10(7-14)8-15(2)9-13-6-11-3-4-12(13)5-11/h10-13H,3-6,8-9H2,1-2H3. The van der Waals surface area contributed by atoms with Crippen molar-refractivity contribution in [3.8, 4) is 6.07 Å². The molecule has 84 valence electrons. The zero-order chi connectivity index (χ0) is 10.8. The van der Waals surface area contributed by atoms with Crippen molar-refractivity contribution in [3.05, 3.63) is 0 Å². The summed E-state index contributed by atoms with van der Waals surface area (Å²) in [5.41, 5.74) is 0. The fraction of sp³-hybridized carbons (Fsp3) is 0.923. The molecule has 0 saturated heterocycles. The van der Waals surface area contributed by atoms with Crippen LogP contribution < -0.4 is 0 Å². The lowest BCUT2D eigenvalue weighted by atomic mass is 9.88. The van der Waals surface area contributed by atoms with Crippen molar-refractivity contribution in [3.63, 3.8) is 0 Å². The molecule has 2 fully saturated rings. The van der Waals surface area contributed by atoms with E-state index >= 15 is 0 Å². The Balaban J connectivity index is 1.75. The summed E-state index contributed by atoms with van der Waals surface area (Å²) in [6, 6.07) is 2.31. The zero-order valence-electron chi connectivity index (χ0n) is 9.95. The number of nitriles is 1. The van der Waals surface area contributed by atoms with E-state index in [1.807, 2.05) is 6.92 Å². The fourth-order valence-corrected chi connectivity index (χ4v) is 3.58. The van der Waals surface area contributed by atoms with E-state index in [0.29, 0.717) is 0 Å². The van der Waals surface area contributed by atoms with Gasteiger partial charge in [-0.1, -0.05) is 6.42 Å². The minimum atomic E-state index is 0.175. The Morgan fingerprint density at radius 1 is 1.40 bits per heavy atom. The lowest BCUT2D eigenvalue weighted by Gasteiger charge is -2.27. The molecule has 2 aliphatic carbocycles. The van der Waals surface area contributed by atoms with E-state index in [4.69, 9.17) is 5.26 Å². The molecular formula is C13H22N2. The monoisotopic (exact) mass is 206 g/mol. The molecule has 0 heterocycles. The second-order valence-electron chi connectivity index (χ2n) is 5.69. The molecule has 2 nitrogen and oxygen atoms in total. The summed E-state index contributed by atoms with van der Waals surface area (Å²) in [6.45, 7) is 4.16. The Morgan fingerprint density at radius 3 is 2.73 bits per heavy atom. The van der Waals surface area contributed by atoms with Crippen molar-refractivity contribution >= 4 is 0 Å². The molecule has 2 heteroatoms. The average molecular weight is 206 g/mol. The predicted molar refractivity (Wildman–Crippen MR) is 61.2 cm³/mol. The van der Waals surface area contributed by atoms with Crippen LogP contribution in [-0.4, -0.2) is 25.0 Å². The highest BCUT2D eigenvalue weighted by atomic mass is 15.1. The molecule has 0 amide bonds. The van der Waals surface area contributed by atoms with Crippen LogP contribution in [0.15, 0.2) is 0 Å². The van der Waals surface area contributed by atoms with Gasteiger partial charge in [0, 0.05) is 13.1 Å². The number of fused-ring (bicyclic) bond motifs is 2. The van der Waals surface area contributed by atoms with Gasteiger partial charge in [-0.15, -0.1) is 0 Å². The second-order valence-corrected chi connectivity index (χ2v) is 5.69. The summed E-state index contributed by atoms with van der Waals surface area (Å²) in [4.78, 5) is 2.36. The van der Waals surface area contributed by atoms with E-state index in [2.05, 4.69) is 18.0 Å². The molecule has 2 rings (SSSR count). The van der Waals surface area contributed by atoms with Gasteiger partial charge in [-0.25, -0.2) is 0 Å². The van der Waals surface area contributed by atoms with E-state index in [-0.39, 0.29) is 5.92 Å². The first kappa shape index (κ1) is 11.0. The molecule has 0 N–H and O–H groups in total. The highest BCUT2D eigenvalue weighted by Crippen LogP contribution is 2.48. The van der Waals surface area contributed by atoms with Gasteiger partial charge in [-0.2, -0.15) is 5.26 Å². The van der Waals surface area contributed by atoms with Crippen molar-refractivity contribution in [1.82, 2.24) is 4.90 Å². The SMILES string of the molecule is CC(C#N)CN(C)CC1CC2CCC1C2. The van der Waals surface area contributed by atoms with Gasteiger partial charge >= 0.3 is 0 Å². The average Bonchev–Trinajstić information content (AvgIpc) is 2.78. The van der Waals surface area contributed by atoms with Crippen molar-refractivity contribution in [1.29, 1.82) is 5.26 Å². The van der Waals surface area contributed by atoms with Crippen molar-refractivity contribution in [2.75, 3.05) is 20.1 Å². The van der Waals surface area contributed by atoms with Gasteiger partial charge in [0.25, 0.3) is 0 Å². The van der Waals surface area contributed by atoms with E-state index in [9.17, 15) is 0 Å². The lowest BCUT2D eigenvalue weighted by Crippen LogP contribution is -2.31. The zero-order valence-corrected chi connectivity index (χ0v) is 9.95. The molecule has 4 atom stereocenters. The molecule has 0 aromatic rings. The minimum Gasteiger partial charge on any atom is -0.305 e. The Labute approximate surface area is 93.3 Å². The van der Waals surface area contributed by atoms with Gasteiger partial charge < -0.3 is 4.90 Å². The van der Waals surface area contributed by atoms with Crippen LogP contribution in [-0.2, 0) is 0 Å². The summed E-state index contributed by atoms with van der Waals surface area (Å²) >= 11 is 0. The number of rotatable bonds is 4. The van der Waals surface area contributed by atoms with Gasteiger partial charge in [0.05, 0.1) is 12.0 Å². The Hall–Kier alpha value is -0.550. The van der Waals surface area contributed by atoms with Gasteiger partial charge in [0.1, 0.15) is 0 Å². The van der Waals surface area contributed by atoms with E-state index in [0.717, 1.165) is 24.3 Å². The first-order valence-electron chi connectivity index (χ1n) is 6.27. The predicted octanol–water partition coefficient (Wildman–Crippen LogP) is 2.51. The topological polar surface area (TPSA) is 27.0 Å². The maximum atomic E-state index is 8.77. The summed E-state index contributed by atoms with van der Waals surface area (Å²) in [6.07, 6.45) is 5.90. The summed E-state index contributed by atoms with van der Waals surface area (Å²) in [5, 5.41) is 8.77. The first-order chi connectivity index (χ1) is 7.19. The number of hydrogen-bond acceptors (Lipinski definition) is 2. The van der Waals surface area contributed by atoms with E-state index in [1.54, 1.807) is 0 Å². The smallest absolute Gasteiger partial charge is 0.0666 e. The third kappa shape index (κ3) is 2.52. The van der Waals surface area contributed by atoms with Crippen LogP contribution in [0.5, 0.6) is 0 Å². The molecule has 0 aromatic carbocycles. The Morgan fingerprint density at radius 2 is 2.20 bits per heavy atom. The first-order valence-corrected chi connectivity index (χ1v) is 6.27. The molecule has 2 saturated carbocycles. The lowest BCUT2D eigenvalue weighted by molar-refractivity contribution is 0.210. The molecule has 0 radical (unpaired) electrons. The summed E-state index contributed by atoms with van der Waals surface area (Å²) < 4.78 is 0. The van der Waals surface area contributed by atoms with Crippen LogP contribution in [0.3, 0.4) is 0 Å². The molecule has 2 aliphatic rings. The minimum absolute atomic E-state index is 0.175. The van der Waals surface area contributed by atoms with Crippen molar-refractivity contribution in [2.45, 2.75) is 32.6 Å². The van der Waals surface area contributed by atoms with E-state index < -0.39 is 0 Å². The van der Waals surface area contributed by atoms with E-state index in [1.165, 1.54) is 32.2 Å². The molecule has 15 heavy (non-hydrogen) atoms. The van der Waals surface area contributed by atoms with Gasteiger partial charge in [-0.3, -0.25) is 0 Å². The second kappa shape index (κ2) is 4.53. The van der Waals surface area contributed by atoms with Crippen LogP contribution in [0.2, 0.25) is 0 Å². The van der Waals surface area contributed by atoms with Gasteiger partial charge in [-0.05, 0) is 51.0 Å². The molecule has 4 unspecified atom stereocenters. The summed E-state index contributed by atoms with van der Waals surface area (Å²) in [7, 11) is 2.17. The Kier molecular flexibility index (Phi) is 3.31. The van der Waals surface area contributed by atoms with Crippen LogP contribution in [0.25, 0.3) is 0 Å². The van der Waals surface area contributed by atoms with Crippen LogP contribution >= 0.6 is 0 Å². The van der Waals surface area contributed by atoms with Crippen LogP contribution in [0.1, 0.15) is 32.6 Å². The number of hydrogen-bond donors (Lipinski definition) is 0. The largest absolute Gasteiger partial charge is 0.305 e.